The summed E-state index contributed by atoms with van der Waals surface area (Å²) in [7, 11) is 0. The summed E-state index contributed by atoms with van der Waals surface area (Å²) in [5.41, 5.74) is 0.574. The molecule has 40 heavy (non-hydrogen) atoms. The fourth-order valence-electron chi connectivity index (χ4n) is 4.47. The van der Waals surface area contributed by atoms with Crippen LogP contribution >= 0.6 is 0 Å². The molecule has 11 nitrogen and oxygen atoms in total. The first kappa shape index (κ1) is 26.8. The molecule has 206 valence electrons. The summed E-state index contributed by atoms with van der Waals surface area (Å²) in [5, 5.41) is 14.6. The predicted molar refractivity (Wildman–Crippen MR) is 147 cm³/mol. The Hall–Kier alpha value is -4.75. The van der Waals surface area contributed by atoms with E-state index in [0.29, 0.717) is 36.7 Å². The van der Waals surface area contributed by atoms with Gasteiger partial charge >= 0.3 is 0 Å². The lowest BCUT2D eigenvalue weighted by Gasteiger charge is -2.36. The second kappa shape index (κ2) is 11.6. The van der Waals surface area contributed by atoms with E-state index in [4.69, 9.17) is 5.11 Å². The Balaban J connectivity index is 1.43. The predicted octanol–water partition coefficient (Wildman–Crippen LogP) is 2.44. The molecule has 1 aliphatic rings. The van der Waals surface area contributed by atoms with Crippen molar-refractivity contribution in [1.29, 1.82) is 0 Å². The van der Waals surface area contributed by atoms with E-state index in [1.165, 1.54) is 29.0 Å². The number of piperazine rings is 1. The number of nitrogens with one attached hydrogen (secondary N) is 2. The van der Waals surface area contributed by atoms with Gasteiger partial charge in [0.05, 0.1) is 18.0 Å². The number of halogens is 2. The number of aliphatic hydroxyl groups excluding tert-OH is 1. The molecule has 1 saturated heterocycles. The molecule has 2 aromatic heterocycles. The maximum Gasteiger partial charge on any atom is 0.283 e. The Morgan fingerprint density at radius 3 is 2.52 bits per heavy atom. The third kappa shape index (κ3) is 5.65. The summed E-state index contributed by atoms with van der Waals surface area (Å²) in [6.45, 7) is 6.81. The Labute approximate surface area is 227 Å². The maximum atomic E-state index is 15.1. The Morgan fingerprint density at radius 2 is 1.80 bits per heavy atom. The van der Waals surface area contributed by atoms with Gasteiger partial charge in [-0.05, 0) is 42.5 Å². The number of hydrogen-bond donors (Lipinski definition) is 3. The molecule has 0 aliphatic carbocycles. The second-order valence-electron chi connectivity index (χ2n) is 9.05. The van der Waals surface area contributed by atoms with E-state index in [1.54, 1.807) is 12.1 Å². The molecule has 0 radical (unpaired) electrons. The van der Waals surface area contributed by atoms with Crippen LogP contribution in [0.3, 0.4) is 0 Å². The van der Waals surface area contributed by atoms with Crippen LogP contribution in [0.5, 0.6) is 0 Å². The number of benzene rings is 2. The third-order valence-electron chi connectivity index (χ3n) is 6.51. The van der Waals surface area contributed by atoms with Crippen molar-refractivity contribution in [3.05, 3.63) is 83.6 Å². The van der Waals surface area contributed by atoms with Gasteiger partial charge in [0.25, 0.3) is 5.56 Å². The van der Waals surface area contributed by atoms with E-state index < -0.39 is 23.1 Å². The van der Waals surface area contributed by atoms with Crippen molar-refractivity contribution in [2.75, 3.05) is 54.9 Å². The number of carbonyl (C=O) groups excluding carboxylic acids is 1. The molecule has 1 amide bonds. The van der Waals surface area contributed by atoms with E-state index in [0.717, 1.165) is 31.6 Å². The fourth-order valence-corrected chi connectivity index (χ4v) is 4.47. The van der Waals surface area contributed by atoms with Crippen molar-refractivity contribution >= 4 is 40.0 Å². The number of aliphatic hydroxyl groups is 1. The van der Waals surface area contributed by atoms with Gasteiger partial charge in [-0.25, -0.2) is 13.8 Å². The largest absolute Gasteiger partial charge is 0.395 e. The number of anilines is 4. The maximum absolute atomic E-state index is 15.1. The van der Waals surface area contributed by atoms with Crippen molar-refractivity contribution < 1.29 is 18.7 Å². The lowest BCUT2D eigenvalue weighted by atomic mass is 10.2. The molecule has 5 rings (SSSR count). The van der Waals surface area contributed by atoms with Crippen LogP contribution in [0, 0.1) is 11.6 Å². The zero-order valence-electron chi connectivity index (χ0n) is 21.3. The van der Waals surface area contributed by atoms with Gasteiger partial charge in [-0.2, -0.15) is 9.97 Å². The zero-order valence-corrected chi connectivity index (χ0v) is 21.3. The van der Waals surface area contributed by atoms with Gasteiger partial charge in [0.2, 0.25) is 11.9 Å². The number of fused-ring (bicyclic) bond motifs is 1. The molecular formula is C27H26F2N8O3. The van der Waals surface area contributed by atoms with Crippen LogP contribution in [0.1, 0.15) is 0 Å². The number of carbonyl (C=O) groups is 1. The molecule has 0 spiro atoms. The van der Waals surface area contributed by atoms with E-state index in [2.05, 4.69) is 37.1 Å². The molecule has 3 N–H and O–H groups in total. The van der Waals surface area contributed by atoms with Gasteiger partial charge in [0, 0.05) is 50.3 Å². The third-order valence-corrected chi connectivity index (χ3v) is 6.51. The van der Waals surface area contributed by atoms with Crippen LogP contribution in [0.4, 0.5) is 31.8 Å². The summed E-state index contributed by atoms with van der Waals surface area (Å²) >= 11 is 0. The summed E-state index contributed by atoms with van der Waals surface area (Å²) in [5.74, 6) is -1.50. The van der Waals surface area contributed by atoms with E-state index in [9.17, 15) is 14.0 Å². The van der Waals surface area contributed by atoms with E-state index in [1.807, 2.05) is 4.90 Å². The topological polar surface area (TPSA) is 129 Å². The number of nitrogens with zero attached hydrogens (tertiary/aromatic N) is 6. The highest BCUT2D eigenvalue weighted by molar-refractivity contribution is 5.99. The fraction of sp³-hybridized carbons (Fsp3) is 0.222. The van der Waals surface area contributed by atoms with Crippen LogP contribution in [0.25, 0.3) is 16.7 Å². The first-order valence-corrected chi connectivity index (χ1v) is 12.5. The minimum Gasteiger partial charge on any atom is -0.395 e. The van der Waals surface area contributed by atoms with Crippen molar-refractivity contribution in [3.8, 4) is 5.69 Å². The molecule has 4 aromatic rings. The number of hydrogen-bond acceptors (Lipinski definition) is 9. The number of rotatable bonds is 8. The highest BCUT2D eigenvalue weighted by atomic mass is 19.1. The van der Waals surface area contributed by atoms with Crippen molar-refractivity contribution in [3.63, 3.8) is 0 Å². The Morgan fingerprint density at radius 1 is 1.02 bits per heavy atom. The SMILES string of the molecule is C=CC(=O)Nc1ccc(F)c(-n2cnc(=O)c3cnc(Nc4ccc(N5CCN(CCO)CC5)c(F)c4)nc32)c1. The normalized spacial score (nSPS) is 13.8. The summed E-state index contributed by atoms with van der Waals surface area (Å²) < 4.78 is 31.2. The molecule has 13 heteroatoms. The molecular weight excluding hydrogens is 522 g/mol. The summed E-state index contributed by atoms with van der Waals surface area (Å²) in [6, 6.07) is 8.60. The molecule has 1 aliphatic heterocycles. The standard InChI is InChI=1S/C27H26F2N8O3/c1-2-24(39)32-18-3-5-20(28)23(14-18)37-16-31-26(40)19-15-30-27(34-25(19)37)33-17-4-6-22(21(29)13-17)36-9-7-35(8-10-36)11-12-38/h2-6,13-16,38H,1,7-12H2,(H,32,39)(H,30,33,34). The molecule has 0 bridgehead atoms. The Kier molecular flexibility index (Phi) is 7.75. The number of amides is 1. The Bertz CT molecular complexity index is 1640. The van der Waals surface area contributed by atoms with E-state index >= 15 is 4.39 Å². The zero-order chi connectivity index (χ0) is 28.2. The van der Waals surface area contributed by atoms with Crippen LogP contribution in [-0.2, 0) is 4.79 Å². The summed E-state index contributed by atoms with van der Waals surface area (Å²) in [4.78, 5) is 40.5. The van der Waals surface area contributed by atoms with Gasteiger partial charge in [0.1, 0.15) is 23.3 Å². The second-order valence-corrected chi connectivity index (χ2v) is 9.05. The quantitative estimate of drug-likeness (QED) is 0.285. The van der Waals surface area contributed by atoms with Gasteiger partial charge in [-0.1, -0.05) is 6.58 Å². The first-order chi connectivity index (χ1) is 19.4. The summed E-state index contributed by atoms with van der Waals surface area (Å²) in [6.07, 6.45) is 3.47. The highest BCUT2D eigenvalue weighted by Crippen LogP contribution is 2.26. The van der Waals surface area contributed by atoms with Gasteiger partial charge in [0.15, 0.2) is 5.65 Å². The van der Waals surface area contributed by atoms with Crippen LogP contribution in [0.15, 0.2) is 66.4 Å². The minimum atomic E-state index is -0.647. The molecule has 1 fully saturated rings. The lowest BCUT2D eigenvalue weighted by Crippen LogP contribution is -2.47. The van der Waals surface area contributed by atoms with Crippen molar-refractivity contribution in [2.45, 2.75) is 0 Å². The molecule has 0 atom stereocenters. The van der Waals surface area contributed by atoms with Crippen molar-refractivity contribution in [1.82, 2.24) is 24.4 Å². The molecule has 0 saturated carbocycles. The van der Waals surface area contributed by atoms with Crippen LogP contribution in [-0.4, -0.2) is 74.8 Å². The number of aromatic nitrogens is 4. The van der Waals surface area contributed by atoms with Crippen LogP contribution in [0.2, 0.25) is 0 Å². The lowest BCUT2D eigenvalue weighted by molar-refractivity contribution is -0.111. The molecule has 3 heterocycles. The van der Waals surface area contributed by atoms with Gasteiger partial charge in [-0.3, -0.25) is 19.1 Å². The highest BCUT2D eigenvalue weighted by Gasteiger charge is 2.20. The minimum absolute atomic E-state index is 0.0153. The van der Waals surface area contributed by atoms with Gasteiger partial charge < -0.3 is 20.6 Å². The van der Waals surface area contributed by atoms with Crippen molar-refractivity contribution in [2.24, 2.45) is 0 Å². The monoisotopic (exact) mass is 548 g/mol. The smallest absolute Gasteiger partial charge is 0.283 e. The molecule has 0 unspecified atom stereocenters. The van der Waals surface area contributed by atoms with E-state index in [-0.39, 0.29) is 29.3 Å². The average Bonchev–Trinajstić information content (AvgIpc) is 2.95. The number of β-amino-alcohol motifs (C(OH)–C–C–N with tert-alkyl or cyclic N) is 1. The van der Waals surface area contributed by atoms with Gasteiger partial charge in [-0.15, -0.1) is 0 Å². The first-order valence-electron chi connectivity index (χ1n) is 12.5. The van der Waals surface area contributed by atoms with Crippen LogP contribution < -0.4 is 21.1 Å². The molecule has 2 aromatic carbocycles. The average molecular weight is 549 g/mol.